The second kappa shape index (κ2) is 10.00. The molecule has 1 unspecified atom stereocenters. The molecule has 0 fully saturated rings. The van der Waals surface area contributed by atoms with E-state index in [0.29, 0.717) is 18.3 Å². The third-order valence-electron chi connectivity index (χ3n) is 3.89. The molecule has 0 aliphatic heterocycles. The number of hydrogen-bond acceptors (Lipinski definition) is 5. The Kier molecular flexibility index (Phi) is 8.67. The summed E-state index contributed by atoms with van der Waals surface area (Å²) in [5.74, 6) is -4.10. The van der Waals surface area contributed by atoms with E-state index in [1.165, 1.54) is 0 Å². The molecule has 1 N–H and O–H groups in total. The molecular weight excluding hydrogens is 407 g/mol. The molecule has 9 heteroatoms. The van der Waals surface area contributed by atoms with Crippen LogP contribution in [0.5, 0.6) is 5.75 Å². The van der Waals surface area contributed by atoms with Gasteiger partial charge >= 0.3 is 17.9 Å². The standard InChI is InChI=1S/C17H19Cl3O6/c1-4-9(8(2)3)5-6-25-16(23)12-13(20)10(18)7-11(19)14(12)26-17(24)15(21)22/h7-9H,4-6H2,1-3H3,(H,21,22). The van der Waals surface area contributed by atoms with Gasteiger partial charge in [0, 0.05) is 0 Å². The molecule has 0 heterocycles. The zero-order chi connectivity index (χ0) is 20.0. The summed E-state index contributed by atoms with van der Waals surface area (Å²) in [6.07, 6.45) is 1.57. The van der Waals surface area contributed by atoms with Crippen molar-refractivity contribution in [2.24, 2.45) is 11.8 Å². The number of halogens is 3. The Morgan fingerprint density at radius 3 is 2.27 bits per heavy atom. The molecular formula is C17H19Cl3O6. The summed E-state index contributed by atoms with van der Waals surface area (Å²) >= 11 is 17.8. The predicted octanol–water partition coefficient (Wildman–Crippen LogP) is 4.87. The van der Waals surface area contributed by atoms with E-state index in [9.17, 15) is 14.4 Å². The van der Waals surface area contributed by atoms with Crippen molar-refractivity contribution in [3.8, 4) is 5.75 Å². The third-order valence-corrected chi connectivity index (χ3v) is 4.96. The van der Waals surface area contributed by atoms with Gasteiger partial charge in [0.25, 0.3) is 0 Å². The lowest BCUT2D eigenvalue weighted by molar-refractivity contribution is -0.158. The normalized spacial score (nSPS) is 12.0. The molecule has 0 aliphatic carbocycles. The van der Waals surface area contributed by atoms with Gasteiger partial charge in [-0.2, -0.15) is 0 Å². The molecule has 1 rings (SSSR count). The number of aliphatic carboxylic acids is 1. The summed E-state index contributed by atoms with van der Waals surface area (Å²) in [6.45, 7) is 6.31. The molecule has 0 amide bonds. The summed E-state index contributed by atoms with van der Waals surface area (Å²) in [7, 11) is 0. The van der Waals surface area contributed by atoms with Gasteiger partial charge < -0.3 is 14.6 Å². The van der Waals surface area contributed by atoms with Crippen molar-refractivity contribution in [3.05, 3.63) is 26.7 Å². The summed E-state index contributed by atoms with van der Waals surface area (Å²) in [4.78, 5) is 34.5. The van der Waals surface area contributed by atoms with Crippen molar-refractivity contribution in [2.75, 3.05) is 6.61 Å². The van der Waals surface area contributed by atoms with Crippen LogP contribution >= 0.6 is 34.8 Å². The van der Waals surface area contributed by atoms with E-state index < -0.39 is 29.2 Å². The van der Waals surface area contributed by atoms with Crippen LogP contribution in [0.25, 0.3) is 0 Å². The van der Waals surface area contributed by atoms with E-state index in [1.807, 2.05) is 6.92 Å². The summed E-state index contributed by atoms with van der Waals surface area (Å²) < 4.78 is 9.87. The summed E-state index contributed by atoms with van der Waals surface area (Å²) in [5, 5.41) is 8.13. The maximum Gasteiger partial charge on any atom is 0.422 e. The average Bonchev–Trinajstić information content (AvgIpc) is 2.55. The van der Waals surface area contributed by atoms with Crippen LogP contribution < -0.4 is 4.74 Å². The molecule has 0 spiro atoms. The minimum Gasteiger partial charge on any atom is -0.473 e. The first-order valence-corrected chi connectivity index (χ1v) is 9.03. The molecule has 0 radical (unpaired) electrons. The Bertz CT molecular complexity index is 702. The van der Waals surface area contributed by atoms with Gasteiger partial charge in [0.2, 0.25) is 0 Å². The maximum atomic E-state index is 12.4. The van der Waals surface area contributed by atoms with Crippen LogP contribution in [0.15, 0.2) is 6.07 Å². The largest absolute Gasteiger partial charge is 0.473 e. The molecule has 6 nitrogen and oxygen atoms in total. The van der Waals surface area contributed by atoms with Crippen molar-refractivity contribution in [1.82, 2.24) is 0 Å². The maximum absolute atomic E-state index is 12.4. The van der Waals surface area contributed by atoms with Gasteiger partial charge in [-0.1, -0.05) is 62.0 Å². The topological polar surface area (TPSA) is 89.9 Å². The second-order valence-corrected chi connectivity index (χ2v) is 7.08. The van der Waals surface area contributed by atoms with Gasteiger partial charge in [-0.25, -0.2) is 14.4 Å². The first-order chi connectivity index (χ1) is 12.1. The minimum absolute atomic E-state index is 0.0626. The van der Waals surface area contributed by atoms with Crippen LogP contribution in [0.2, 0.25) is 15.1 Å². The lowest BCUT2D eigenvalue weighted by Crippen LogP contribution is -2.21. The van der Waals surface area contributed by atoms with Gasteiger partial charge in [-0.05, 0) is 24.3 Å². The molecule has 26 heavy (non-hydrogen) atoms. The fourth-order valence-corrected chi connectivity index (χ4v) is 3.10. The van der Waals surface area contributed by atoms with Crippen molar-refractivity contribution < 1.29 is 29.0 Å². The van der Waals surface area contributed by atoms with Gasteiger partial charge in [0.05, 0.1) is 21.7 Å². The van der Waals surface area contributed by atoms with Crippen LogP contribution in [0, 0.1) is 11.8 Å². The van der Waals surface area contributed by atoms with Crippen LogP contribution in [0.3, 0.4) is 0 Å². The predicted molar refractivity (Wildman–Crippen MR) is 98.3 cm³/mol. The highest BCUT2D eigenvalue weighted by atomic mass is 35.5. The third kappa shape index (κ3) is 5.76. The van der Waals surface area contributed by atoms with E-state index in [2.05, 4.69) is 18.6 Å². The number of rotatable bonds is 7. The summed E-state index contributed by atoms with van der Waals surface area (Å²) in [5.41, 5.74) is -0.392. The van der Waals surface area contributed by atoms with Gasteiger partial charge in [0.15, 0.2) is 5.75 Å². The molecule has 0 bridgehead atoms. The molecule has 1 aromatic carbocycles. The molecule has 0 saturated heterocycles. The molecule has 0 saturated carbocycles. The number of carboxylic acid groups (broad SMARTS) is 1. The monoisotopic (exact) mass is 424 g/mol. The Morgan fingerprint density at radius 1 is 1.15 bits per heavy atom. The van der Waals surface area contributed by atoms with Gasteiger partial charge in [-0.3, -0.25) is 0 Å². The lowest BCUT2D eigenvalue weighted by Gasteiger charge is -2.19. The molecule has 0 aromatic heterocycles. The smallest absolute Gasteiger partial charge is 0.422 e. The van der Waals surface area contributed by atoms with Crippen LogP contribution in [0.1, 0.15) is 44.0 Å². The summed E-state index contributed by atoms with van der Waals surface area (Å²) in [6, 6.07) is 1.14. The van der Waals surface area contributed by atoms with Crippen molar-refractivity contribution in [1.29, 1.82) is 0 Å². The Balaban J connectivity index is 3.07. The second-order valence-electron chi connectivity index (χ2n) is 5.89. The fraction of sp³-hybridized carbons (Fsp3) is 0.471. The first-order valence-electron chi connectivity index (χ1n) is 7.89. The minimum atomic E-state index is -1.85. The molecule has 1 aromatic rings. The number of ether oxygens (including phenoxy) is 2. The van der Waals surface area contributed by atoms with E-state index >= 15 is 0 Å². The number of esters is 2. The SMILES string of the molecule is CCC(CCOC(=O)c1c(Cl)c(Cl)cc(Cl)c1OC(=O)C(=O)O)C(C)C. The highest BCUT2D eigenvalue weighted by Crippen LogP contribution is 2.40. The molecule has 1 atom stereocenters. The molecule has 0 aliphatic rings. The lowest BCUT2D eigenvalue weighted by atomic mass is 9.91. The number of carbonyl (C=O) groups excluding carboxylic acids is 2. The zero-order valence-electron chi connectivity index (χ0n) is 14.5. The van der Waals surface area contributed by atoms with Crippen molar-refractivity contribution in [3.63, 3.8) is 0 Å². The van der Waals surface area contributed by atoms with E-state index in [4.69, 9.17) is 44.6 Å². The van der Waals surface area contributed by atoms with Crippen LogP contribution in [-0.4, -0.2) is 29.6 Å². The number of hydrogen-bond donors (Lipinski definition) is 1. The van der Waals surface area contributed by atoms with Gasteiger partial charge in [0.1, 0.15) is 5.56 Å². The van der Waals surface area contributed by atoms with Gasteiger partial charge in [-0.15, -0.1) is 0 Å². The fourth-order valence-electron chi connectivity index (χ4n) is 2.38. The number of carbonyl (C=O) groups is 3. The van der Waals surface area contributed by atoms with E-state index in [0.717, 1.165) is 12.5 Å². The van der Waals surface area contributed by atoms with Crippen LogP contribution in [-0.2, 0) is 14.3 Å². The zero-order valence-corrected chi connectivity index (χ0v) is 16.7. The van der Waals surface area contributed by atoms with Crippen LogP contribution in [0.4, 0.5) is 0 Å². The van der Waals surface area contributed by atoms with Crippen molar-refractivity contribution >= 4 is 52.7 Å². The van der Waals surface area contributed by atoms with E-state index in [1.54, 1.807) is 0 Å². The Labute approximate surface area is 166 Å². The van der Waals surface area contributed by atoms with E-state index in [-0.39, 0.29) is 21.7 Å². The Hall–Kier alpha value is -1.50. The Morgan fingerprint density at radius 2 is 1.77 bits per heavy atom. The number of benzene rings is 1. The number of carboxylic acids is 1. The highest BCUT2D eigenvalue weighted by molar-refractivity contribution is 6.46. The van der Waals surface area contributed by atoms with Crippen molar-refractivity contribution in [2.45, 2.75) is 33.6 Å². The first kappa shape index (κ1) is 22.5. The highest BCUT2D eigenvalue weighted by Gasteiger charge is 2.28. The average molecular weight is 426 g/mol. The molecule has 144 valence electrons. The quantitative estimate of drug-likeness (QED) is 0.290.